The molecule has 136 valence electrons. The number of hydrogen-bond donors (Lipinski definition) is 0. The van der Waals surface area contributed by atoms with Crippen molar-refractivity contribution < 1.29 is 18.0 Å². The van der Waals surface area contributed by atoms with E-state index in [1.165, 1.54) is 6.07 Å². The normalized spacial score (nSPS) is 21.6. The van der Waals surface area contributed by atoms with Crippen LogP contribution >= 0.6 is 0 Å². The third-order valence-electron chi connectivity index (χ3n) is 4.77. The van der Waals surface area contributed by atoms with Gasteiger partial charge in [-0.1, -0.05) is 54.6 Å². The SMILES string of the molecule is C=CCN1CC(c2ccccc2)C(=O)C(c2cccc(C(F)(F)F)c2)C1. The Morgan fingerprint density at radius 2 is 1.62 bits per heavy atom. The minimum absolute atomic E-state index is 0.0316. The van der Waals surface area contributed by atoms with Gasteiger partial charge >= 0.3 is 6.18 Å². The zero-order chi connectivity index (χ0) is 18.7. The molecule has 3 rings (SSSR count). The second-order valence-corrected chi connectivity index (χ2v) is 6.55. The fourth-order valence-corrected chi connectivity index (χ4v) is 3.50. The largest absolute Gasteiger partial charge is 0.416 e. The number of halogens is 3. The number of ketones is 1. The van der Waals surface area contributed by atoms with Gasteiger partial charge in [-0.25, -0.2) is 0 Å². The van der Waals surface area contributed by atoms with Crippen LogP contribution in [0.15, 0.2) is 67.3 Å². The van der Waals surface area contributed by atoms with E-state index in [-0.39, 0.29) is 11.7 Å². The molecule has 0 aromatic heterocycles. The average molecular weight is 359 g/mol. The lowest BCUT2D eigenvalue weighted by molar-refractivity contribution is -0.137. The van der Waals surface area contributed by atoms with Gasteiger partial charge in [0.25, 0.3) is 0 Å². The summed E-state index contributed by atoms with van der Waals surface area (Å²) in [6.45, 7) is 5.27. The van der Waals surface area contributed by atoms with Gasteiger partial charge in [0, 0.05) is 19.6 Å². The number of alkyl halides is 3. The minimum atomic E-state index is -4.42. The third-order valence-corrected chi connectivity index (χ3v) is 4.77. The van der Waals surface area contributed by atoms with Gasteiger partial charge in [-0.05, 0) is 17.2 Å². The molecule has 1 aliphatic heterocycles. The third kappa shape index (κ3) is 3.88. The Kier molecular flexibility index (Phi) is 5.28. The number of benzene rings is 2. The molecular weight excluding hydrogens is 339 g/mol. The lowest BCUT2D eigenvalue weighted by Gasteiger charge is -2.36. The number of hydrogen-bond acceptors (Lipinski definition) is 2. The molecule has 0 spiro atoms. The molecule has 0 radical (unpaired) electrons. The first-order valence-electron chi connectivity index (χ1n) is 8.49. The lowest BCUT2D eigenvalue weighted by atomic mass is 9.79. The molecule has 2 atom stereocenters. The van der Waals surface area contributed by atoms with E-state index in [0.29, 0.717) is 25.2 Å². The summed E-state index contributed by atoms with van der Waals surface area (Å²) in [5.41, 5.74) is 0.586. The Morgan fingerprint density at radius 3 is 2.23 bits per heavy atom. The first-order chi connectivity index (χ1) is 12.4. The van der Waals surface area contributed by atoms with Crippen LogP contribution in [0, 0.1) is 0 Å². The first-order valence-corrected chi connectivity index (χ1v) is 8.49. The van der Waals surface area contributed by atoms with Crippen LogP contribution in [0.3, 0.4) is 0 Å². The van der Waals surface area contributed by atoms with Crippen molar-refractivity contribution in [3.63, 3.8) is 0 Å². The van der Waals surface area contributed by atoms with E-state index in [4.69, 9.17) is 0 Å². The van der Waals surface area contributed by atoms with Crippen LogP contribution in [-0.2, 0) is 11.0 Å². The van der Waals surface area contributed by atoms with Gasteiger partial charge in [0.1, 0.15) is 5.78 Å². The molecule has 1 saturated heterocycles. The molecule has 1 fully saturated rings. The Hall–Kier alpha value is -2.40. The fourth-order valence-electron chi connectivity index (χ4n) is 3.50. The van der Waals surface area contributed by atoms with E-state index in [0.717, 1.165) is 17.7 Å². The molecule has 5 heteroatoms. The van der Waals surface area contributed by atoms with Crippen LogP contribution in [0.25, 0.3) is 0 Å². The number of nitrogens with zero attached hydrogens (tertiary/aromatic N) is 1. The smallest absolute Gasteiger partial charge is 0.298 e. The maximum Gasteiger partial charge on any atom is 0.416 e. The van der Waals surface area contributed by atoms with Crippen LogP contribution in [-0.4, -0.2) is 30.3 Å². The average Bonchev–Trinajstić information content (AvgIpc) is 2.63. The van der Waals surface area contributed by atoms with Gasteiger partial charge in [0.2, 0.25) is 0 Å². The predicted octanol–water partition coefficient (Wildman–Crippen LogP) is 4.64. The lowest BCUT2D eigenvalue weighted by Crippen LogP contribution is -2.44. The topological polar surface area (TPSA) is 20.3 Å². The van der Waals surface area contributed by atoms with Crippen molar-refractivity contribution in [1.29, 1.82) is 0 Å². The van der Waals surface area contributed by atoms with Crippen LogP contribution in [0.5, 0.6) is 0 Å². The highest BCUT2D eigenvalue weighted by Gasteiger charge is 2.38. The number of carbonyl (C=O) groups excluding carboxylic acids is 1. The summed E-state index contributed by atoms with van der Waals surface area (Å²) in [5, 5.41) is 0. The van der Waals surface area contributed by atoms with Gasteiger partial charge < -0.3 is 0 Å². The molecule has 0 aliphatic carbocycles. The molecule has 2 aromatic carbocycles. The zero-order valence-electron chi connectivity index (χ0n) is 14.2. The van der Waals surface area contributed by atoms with Gasteiger partial charge in [-0.2, -0.15) is 13.2 Å². The van der Waals surface area contributed by atoms with E-state index in [2.05, 4.69) is 11.5 Å². The molecule has 0 saturated carbocycles. The highest BCUT2D eigenvalue weighted by Crippen LogP contribution is 2.36. The Balaban J connectivity index is 1.97. The molecule has 0 N–H and O–H groups in total. The van der Waals surface area contributed by atoms with Crippen molar-refractivity contribution >= 4 is 5.78 Å². The molecule has 1 heterocycles. The highest BCUT2D eigenvalue weighted by molar-refractivity contribution is 5.93. The quantitative estimate of drug-likeness (QED) is 0.741. The number of Topliss-reactive ketones (excluding diaryl/α,β-unsaturated/α-hetero) is 1. The van der Waals surface area contributed by atoms with E-state index in [9.17, 15) is 18.0 Å². The Labute approximate surface area is 150 Å². The van der Waals surface area contributed by atoms with Crippen molar-refractivity contribution in [3.8, 4) is 0 Å². The Morgan fingerprint density at radius 1 is 1.00 bits per heavy atom. The second-order valence-electron chi connectivity index (χ2n) is 6.55. The number of piperidine rings is 1. The standard InChI is InChI=1S/C21H20F3NO/c1-2-11-25-13-18(15-7-4-3-5-8-15)20(26)19(14-25)16-9-6-10-17(12-16)21(22,23)24/h2-10,12,18-19H,1,11,13-14H2. The monoisotopic (exact) mass is 359 g/mol. The van der Waals surface area contributed by atoms with Crippen LogP contribution in [0.2, 0.25) is 0 Å². The summed E-state index contributed by atoms with van der Waals surface area (Å²) in [5.74, 6) is -0.975. The van der Waals surface area contributed by atoms with E-state index >= 15 is 0 Å². The van der Waals surface area contributed by atoms with Crippen LogP contribution in [0.1, 0.15) is 28.5 Å². The van der Waals surface area contributed by atoms with Crippen LogP contribution in [0.4, 0.5) is 13.2 Å². The number of carbonyl (C=O) groups is 1. The summed E-state index contributed by atoms with van der Waals surface area (Å²) >= 11 is 0. The maximum atomic E-state index is 13.1. The summed E-state index contributed by atoms with van der Waals surface area (Å²) in [4.78, 5) is 15.2. The maximum absolute atomic E-state index is 13.1. The van der Waals surface area contributed by atoms with Gasteiger partial charge in [0.15, 0.2) is 0 Å². The second kappa shape index (κ2) is 7.46. The molecule has 0 bridgehead atoms. The van der Waals surface area contributed by atoms with E-state index in [1.807, 2.05) is 30.3 Å². The number of rotatable bonds is 4. The molecule has 2 nitrogen and oxygen atoms in total. The van der Waals surface area contributed by atoms with Gasteiger partial charge in [-0.3, -0.25) is 9.69 Å². The Bertz CT molecular complexity index is 785. The molecule has 2 aromatic rings. The molecule has 26 heavy (non-hydrogen) atoms. The van der Waals surface area contributed by atoms with Crippen molar-refractivity contribution in [1.82, 2.24) is 4.90 Å². The molecular formula is C21H20F3NO. The van der Waals surface area contributed by atoms with Gasteiger partial charge in [-0.15, -0.1) is 6.58 Å². The molecule has 1 aliphatic rings. The van der Waals surface area contributed by atoms with Crippen molar-refractivity contribution in [2.75, 3.05) is 19.6 Å². The summed E-state index contributed by atoms with van der Waals surface area (Å²) in [6, 6.07) is 14.5. The van der Waals surface area contributed by atoms with Crippen molar-refractivity contribution in [3.05, 3.63) is 83.9 Å². The van der Waals surface area contributed by atoms with Crippen LogP contribution < -0.4 is 0 Å². The highest BCUT2D eigenvalue weighted by atomic mass is 19.4. The minimum Gasteiger partial charge on any atom is -0.298 e. The summed E-state index contributed by atoms with van der Waals surface area (Å²) in [6.07, 6.45) is -2.67. The van der Waals surface area contributed by atoms with Crippen molar-refractivity contribution in [2.45, 2.75) is 18.0 Å². The van der Waals surface area contributed by atoms with Crippen molar-refractivity contribution in [2.24, 2.45) is 0 Å². The molecule has 2 unspecified atom stereocenters. The fraction of sp³-hybridized carbons (Fsp3) is 0.286. The van der Waals surface area contributed by atoms with E-state index in [1.54, 1.807) is 12.1 Å². The van der Waals surface area contributed by atoms with E-state index < -0.39 is 17.7 Å². The summed E-state index contributed by atoms with van der Waals surface area (Å²) < 4.78 is 39.2. The van der Waals surface area contributed by atoms with Gasteiger partial charge in [0.05, 0.1) is 17.4 Å². The predicted molar refractivity (Wildman–Crippen MR) is 95.0 cm³/mol. The number of likely N-dealkylation sites (tertiary alicyclic amines) is 1. The molecule has 0 amide bonds. The zero-order valence-corrected chi connectivity index (χ0v) is 14.2. The summed E-state index contributed by atoms with van der Waals surface area (Å²) in [7, 11) is 0. The first kappa shape index (κ1) is 18.4.